The van der Waals surface area contributed by atoms with E-state index in [9.17, 15) is 0 Å². The van der Waals surface area contributed by atoms with Gasteiger partial charge in [0, 0.05) is 25.5 Å². The lowest BCUT2D eigenvalue weighted by molar-refractivity contribution is 0.115. The number of rotatable bonds is 9. The minimum absolute atomic E-state index is 0.310. The lowest BCUT2D eigenvalue weighted by Gasteiger charge is -2.02. The largest absolute Gasteiger partial charge is 0.291 e. The maximum atomic E-state index is 4.96. The zero-order valence-corrected chi connectivity index (χ0v) is 12.1. The van der Waals surface area contributed by atoms with E-state index in [1.807, 2.05) is 17.7 Å². The second kappa shape index (κ2) is 11.3. The molecule has 0 saturated carbocycles. The van der Waals surface area contributed by atoms with Crippen LogP contribution in [0.1, 0.15) is 13.3 Å². The molecule has 0 heterocycles. The van der Waals surface area contributed by atoms with Crippen molar-refractivity contribution in [3.8, 4) is 0 Å². The molecule has 0 aliphatic heterocycles. The molecule has 13 heavy (non-hydrogen) atoms. The number of hydrogen-bond acceptors (Lipinski definition) is 5. The third kappa shape index (κ3) is 13.2. The van der Waals surface area contributed by atoms with Gasteiger partial charge in [-0.2, -0.15) is 0 Å². The molecule has 0 rings (SSSR count). The van der Waals surface area contributed by atoms with E-state index in [0.717, 1.165) is 6.61 Å². The SMILES string of the molecule is CCONSSSCCC[SiH](C)C. The molecule has 0 aromatic heterocycles. The molecule has 0 aliphatic carbocycles. The van der Waals surface area contributed by atoms with Crippen molar-refractivity contribution in [3.63, 3.8) is 0 Å². The van der Waals surface area contributed by atoms with Crippen molar-refractivity contribution in [2.24, 2.45) is 0 Å². The molecule has 0 amide bonds. The van der Waals surface area contributed by atoms with Gasteiger partial charge >= 0.3 is 0 Å². The summed E-state index contributed by atoms with van der Waals surface area (Å²) >= 11 is 0. The van der Waals surface area contributed by atoms with E-state index >= 15 is 0 Å². The first-order valence-electron chi connectivity index (χ1n) is 4.59. The van der Waals surface area contributed by atoms with Crippen LogP contribution in [0.15, 0.2) is 0 Å². The number of hydrogen-bond donors (Lipinski definition) is 1. The molecule has 0 spiro atoms. The van der Waals surface area contributed by atoms with Crippen LogP contribution in [0.4, 0.5) is 0 Å². The predicted octanol–water partition coefficient (Wildman–Crippen LogP) is 3.35. The van der Waals surface area contributed by atoms with Gasteiger partial charge in [0.25, 0.3) is 0 Å². The predicted molar refractivity (Wildman–Crippen MR) is 70.7 cm³/mol. The molecule has 0 aromatic carbocycles. The summed E-state index contributed by atoms with van der Waals surface area (Å²) in [4.78, 5) is 7.77. The zero-order valence-electron chi connectivity index (χ0n) is 8.54. The van der Waals surface area contributed by atoms with Crippen molar-refractivity contribution >= 4 is 40.4 Å². The van der Waals surface area contributed by atoms with Gasteiger partial charge in [-0.1, -0.05) is 29.9 Å². The van der Waals surface area contributed by atoms with Crippen molar-refractivity contribution in [3.05, 3.63) is 0 Å². The maximum Gasteiger partial charge on any atom is 0.0665 e. The molecule has 0 aliphatic rings. The maximum absolute atomic E-state index is 4.96. The zero-order chi connectivity index (χ0) is 9.94. The smallest absolute Gasteiger partial charge is 0.0665 e. The fourth-order valence-electron chi connectivity index (χ4n) is 0.705. The van der Waals surface area contributed by atoms with Crippen molar-refractivity contribution in [1.29, 1.82) is 0 Å². The van der Waals surface area contributed by atoms with Crippen molar-refractivity contribution in [2.45, 2.75) is 32.5 Å². The first-order valence-corrected chi connectivity index (χ1v) is 11.4. The summed E-state index contributed by atoms with van der Waals surface area (Å²) in [6.07, 6.45) is 1.37. The molecular weight excluding hydrogens is 238 g/mol. The van der Waals surface area contributed by atoms with Crippen LogP contribution in [-0.2, 0) is 4.84 Å². The van der Waals surface area contributed by atoms with E-state index in [1.54, 1.807) is 20.8 Å². The fourth-order valence-corrected chi connectivity index (χ4v) is 4.84. The summed E-state index contributed by atoms with van der Waals surface area (Å²) in [5, 5.41) is 0. The van der Waals surface area contributed by atoms with Crippen LogP contribution >= 0.6 is 31.6 Å². The van der Waals surface area contributed by atoms with E-state index in [1.165, 1.54) is 18.2 Å². The average molecular weight is 258 g/mol. The molecule has 80 valence electrons. The Morgan fingerprint density at radius 3 is 2.77 bits per heavy atom. The molecule has 1 N–H and O–H groups in total. The van der Waals surface area contributed by atoms with Crippen LogP contribution in [0.25, 0.3) is 0 Å². The highest BCUT2D eigenvalue weighted by Gasteiger charge is 1.96. The molecule has 0 unspecified atom stereocenters. The third-order valence-electron chi connectivity index (χ3n) is 1.33. The molecule has 0 fully saturated rings. The summed E-state index contributed by atoms with van der Waals surface area (Å²) in [5.74, 6) is 1.26. The van der Waals surface area contributed by atoms with Crippen LogP contribution in [0, 0.1) is 0 Å². The van der Waals surface area contributed by atoms with E-state index in [2.05, 4.69) is 18.0 Å². The summed E-state index contributed by atoms with van der Waals surface area (Å²) in [6.45, 7) is 7.50. The fraction of sp³-hybridized carbons (Fsp3) is 1.00. The van der Waals surface area contributed by atoms with Crippen LogP contribution in [0.2, 0.25) is 19.1 Å². The third-order valence-corrected chi connectivity index (χ3v) is 6.37. The molecule has 0 bridgehead atoms. The monoisotopic (exact) mass is 257 g/mol. The highest BCUT2D eigenvalue weighted by atomic mass is 33.5. The summed E-state index contributed by atoms with van der Waals surface area (Å²) < 4.78 is 0. The highest BCUT2D eigenvalue weighted by Crippen LogP contribution is 2.32. The minimum Gasteiger partial charge on any atom is -0.291 e. The Morgan fingerprint density at radius 1 is 1.38 bits per heavy atom. The quantitative estimate of drug-likeness (QED) is 0.224. The first-order chi connectivity index (χ1) is 6.27. The van der Waals surface area contributed by atoms with E-state index in [4.69, 9.17) is 4.84 Å². The van der Waals surface area contributed by atoms with Gasteiger partial charge in [0.05, 0.1) is 6.61 Å². The molecule has 2 nitrogen and oxygen atoms in total. The first kappa shape index (κ1) is 14.2. The topological polar surface area (TPSA) is 21.3 Å². The van der Waals surface area contributed by atoms with Crippen molar-refractivity contribution in [1.82, 2.24) is 4.89 Å². The molecule has 0 radical (unpaired) electrons. The van der Waals surface area contributed by atoms with Gasteiger partial charge in [-0.05, 0) is 23.2 Å². The van der Waals surface area contributed by atoms with Gasteiger partial charge in [-0.15, -0.1) is 4.89 Å². The van der Waals surface area contributed by atoms with E-state index in [0.29, 0.717) is 0 Å². The second-order valence-electron chi connectivity index (χ2n) is 3.03. The van der Waals surface area contributed by atoms with Crippen LogP contribution in [0.3, 0.4) is 0 Å². The van der Waals surface area contributed by atoms with Gasteiger partial charge in [-0.3, -0.25) is 4.84 Å². The van der Waals surface area contributed by atoms with Gasteiger partial charge in [0.1, 0.15) is 0 Å². The van der Waals surface area contributed by atoms with Gasteiger partial charge in [0.15, 0.2) is 0 Å². The summed E-state index contributed by atoms with van der Waals surface area (Å²) in [7, 11) is 4.91. The van der Waals surface area contributed by atoms with Crippen molar-refractivity contribution < 1.29 is 4.84 Å². The lowest BCUT2D eigenvalue weighted by Crippen LogP contribution is -2.01. The Hall–Kier alpha value is 1.19. The Kier molecular flexibility index (Phi) is 12.3. The van der Waals surface area contributed by atoms with Crippen LogP contribution in [-0.4, -0.2) is 21.2 Å². The number of nitrogens with one attached hydrogen (secondary N) is 1. The Bertz CT molecular complexity index is 108. The lowest BCUT2D eigenvalue weighted by atomic mass is 10.6. The minimum atomic E-state index is -0.310. The molecular formula is C7H19NOS3Si. The molecule has 0 aromatic rings. The van der Waals surface area contributed by atoms with E-state index in [-0.39, 0.29) is 8.80 Å². The van der Waals surface area contributed by atoms with Crippen LogP contribution < -0.4 is 4.89 Å². The van der Waals surface area contributed by atoms with Gasteiger partial charge in [-0.25, -0.2) is 0 Å². The van der Waals surface area contributed by atoms with Gasteiger partial charge in [0.2, 0.25) is 0 Å². The Morgan fingerprint density at radius 2 is 2.15 bits per heavy atom. The Labute approximate surface area is 94.8 Å². The molecule has 0 saturated heterocycles. The summed E-state index contributed by atoms with van der Waals surface area (Å²) in [6, 6.07) is 1.47. The van der Waals surface area contributed by atoms with Crippen molar-refractivity contribution in [2.75, 3.05) is 12.4 Å². The van der Waals surface area contributed by atoms with E-state index < -0.39 is 0 Å². The average Bonchev–Trinajstić information content (AvgIpc) is 2.09. The van der Waals surface area contributed by atoms with Gasteiger partial charge < -0.3 is 0 Å². The normalized spacial score (nSPS) is 11.1. The van der Waals surface area contributed by atoms with Crippen LogP contribution in [0.5, 0.6) is 0 Å². The molecule has 0 atom stereocenters. The standard InChI is InChI=1S/C7H19NOS3Si/c1-4-9-8-11-12-10-6-5-7-13(2)3/h8,13H,4-7H2,1-3H3. The highest BCUT2D eigenvalue weighted by molar-refractivity contribution is 9.09. The molecule has 6 heteroatoms. The summed E-state index contributed by atoms with van der Waals surface area (Å²) in [5.41, 5.74) is 0. The second-order valence-corrected chi connectivity index (χ2v) is 10.3. The Balaban J connectivity index is 2.84.